The van der Waals surface area contributed by atoms with Gasteiger partial charge in [0.25, 0.3) is 0 Å². The molecule has 4 aliphatic carbocycles. The van der Waals surface area contributed by atoms with E-state index in [0.717, 1.165) is 37.0 Å². The van der Waals surface area contributed by atoms with Crippen LogP contribution in [0.4, 0.5) is 0 Å². The Kier molecular flexibility index (Phi) is 2.94. The molecule has 0 aromatic carbocycles. The molecule has 0 aromatic rings. The minimum atomic E-state index is -0.794. The third-order valence-electron chi connectivity index (χ3n) is 5.35. The fourth-order valence-corrected chi connectivity index (χ4v) is 5.28. The molecule has 4 saturated carbocycles. The van der Waals surface area contributed by atoms with Gasteiger partial charge in [0, 0.05) is 0 Å². The van der Waals surface area contributed by atoms with Crippen molar-refractivity contribution in [3.8, 4) is 0 Å². The van der Waals surface area contributed by atoms with E-state index in [1.54, 1.807) is 6.82 Å². The van der Waals surface area contributed by atoms with Crippen LogP contribution in [0.1, 0.15) is 38.5 Å². The van der Waals surface area contributed by atoms with E-state index in [-0.39, 0.29) is 5.41 Å². The Bertz CT molecular complexity index is 323. The van der Waals surface area contributed by atoms with Crippen molar-refractivity contribution in [1.29, 1.82) is 0 Å². The minimum absolute atomic E-state index is 0.0996. The van der Waals surface area contributed by atoms with Crippen LogP contribution in [0.5, 0.6) is 0 Å². The monoisotopic (exact) mass is 251 g/mol. The van der Waals surface area contributed by atoms with E-state index in [0.29, 0.717) is 0 Å². The Balaban J connectivity index is 1.86. The predicted octanol–water partition coefficient (Wildman–Crippen LogP) is 1.36. The maximum absolute atomic E-state index is 11.6. The van der Waals surface area contributed by atoms with Crippen molar-refractivity contribution in [1.82, 2.24) is 5.23 Å². The summed E-state index contributed by atoms with van der Waals surface area (Å²) in [5.41, 5.74) is -0.0996. The molecule has 18 heavy (non-hydrogen) atoms. The van der Waals surface area contributed by atoms with Gasteiger partial charge in [0.2, 0.25) is 0 Å². The van der Waals surface area contributed by atoms with E-state index in [9.17, 15) is 14.9 Å². The van der Waals surface area contributed by atoms with Crippen LogP contribution in [-0.4, -0.2) is 29.2 Å². The van der Waals surface area contributed by atoms with Gasteiger partial charge in [-0.25, -0.2) is 0 Å². The SMILES string of the molecule is CB(O)NC(C(=O)O)C12CC3CC(CC(C3)C1)C2. The molecule has 0 heterocycles. The highest BCUT2D eigenvalue weighted by molar-refractivity contribution is 6.46. The summed E-state index contributed by atoms with van der Waals surface area (Å²) in [6, 6.07) is -0.578. The van der Waals surface area contributed by atoms with E-state index in [1.807, 2.05) is 0 Å². The Morgan fingerprint density at radius 3 is 2.00 bits per heavy atom. The van der Waals surface area contributed by atoms with E-state index in [2.05, 4.69) is 5.23 Å². The summed E-state index contributed by atoms with van der Waals surface area (Å²) in [6.45, 7) is 1.61. The maximum atomic E-state index is 11.6. The standard InChI is InChI=1S/C13H22BNO3/c1-14(18)15-11(12(16)17)13-5-8-2-9(6-13)4-10(3-8)7-13/h8-11,15,18H,2-7H2,1H3,(H,16,17). The number of hydrogen-bond acceptors (Lipinski definition) is 3. The minimum Gasteiger partial charge on any atom is -0.480 e. The molecule has 0 aromatic heterocycles. The van der Waals surface area contributed by atoms with Gasteiger partial charge in [-0.05, 0) is 68.5 Å². The van der Waals surface area contributed by atoms with Crippen molar-refractivity contribution >= 4 is 13.0 Å². The third-order valence-corrected chi connectivity index (χ3v) is 5.35. The van der Waals surface area contributed by atoms with Crippen LogP contribution in [0.15, 0.2) is 0 Å². The van der Waals surface area contributed by atoms with Gasteiger partial charge >= 0.3 is 13.0 Å². The normalized spacial score (nSPS) is 42.9. The first-order valence-electron chi connectivity index (χ1n) is 7.15. The lowest BCUT2D eigenvalue weighted by atomic mass is 9.47. The molecule has 4 bridgehead atoms. The largest absolute Gasteiger partial charge is 0.480 e. The van der Waals surface area contributed by atoms with Gasteiger partial charge in [-0.3, -0.25) is 4.79 Å². The molecule has 1 atom stereocenters. The van der Waals surface area contributed by atoms with Crippen molar-refractivity contribution in [2.24, 2.45) is 23.2 Å². The number of nitrogens with one attached hydrogen (secondary N) is 1. The number of carboxylic acid groups (broad SMARTS) is 1. The van der Waals surface area contributed by atoms with Gasteiger partial charge in [0.05, 0.1) is 0 Å². The lowest BCUT2D eigenvalue weighted by molar-refractivity contribution is -0.150. The summed E-state index contributed by atoms with van der Waals surface area (Å²) in [7, 11) is -0.751. The summed E-state index contributed by atoms with van der Waals surface area (Å²) in [6.07, 6.45) is 7.03. The van der Waals surface area contributed by atoms with Crippen LogP contribution >= 0.6 is 0 Å². The first-order valence-corrected chi connectivity index (χ1v) is 7.15. The summed E-state index contributed by atoms with van der Waals surface area (Å²) in [5, 5.41) is 21.9. The second kappa shape index (κ2) is 4.24. The van der Waals surface area contributed by atoms with Gasteiger partial charge in [-0.2, -0.15) is 0 Å². The van der Waals surface area contributed by atoms with E-state index in [1.165, 1.54) is 19.3 Å². The van der Waals surface area contributed by atoms with Gasteiger partial charge in [-0.1, -0.05) is 0 Å². The first kappa shape index (κ1) is 12.5. The smallest absolute Gasteiger partial charge is 0.374 e. The average Bonchev–Trinajstić information content (AvgIpc) is 2.23. The molecule has 0 radical (unpaired) electrons. The maximum Gasteiger partial charge on any atom is 0.374 e. The number of carbonyl (C=O) groups is 1. The van der Waals surface area contributed by atoms with Crippen LogP contribution in [0.3, 0.4) is 0 Å². The zero-order chi connectivity index (χ0) is 12.9. The van der Waals surface area contributed by atoms with Crippen molar-refractivity contribution in [3.63, 3.8) is 0 Å². The quantitative estimate of drug-likeness (QED) is 0.660. The molecular weight excluding hydrogens is 229 g/mol. The highest BCUT2D eigenvalue weighted by Crippen LogP contribution is 2.61. The fourth-order valence-electron chi connectivity index (χ4n) is 5.28. The molecule has 1 unspecified atom stereocenters. The number of aliphatic carboxylic acids is 1. The highest BCUT2D eigenvalue weighted by Gasteiger charge is 2.56. The molecule has 4 rings (SSSR count). The molecule has 4 aliphatic rings. The first-order chi connectivity index (χ1) is 8.48. The number of hydrogen-bond donors (Lipinski definition) is 3. The zero-order valence-corrected chi connectivity index (χ0v) is 10.9. The molecular formula is C13H22BNO3. The summed E-state index contributed by atoms with van der Waals surface area (Å²) in [5.74, 6) is 1.40. The summed E-state index contributed by atoms with van der Waals surface area (Å²) < 4.78 is 0. The van der Waals surface area contributed by atoms with Gasteiger partial charge in [-0.15, -0.1) is 0 Å². The number of carboxylic acids is 1. The lowest BCUT2D eigenvalue weighted by Crippen LogP contribution is -2.61. The summed E-state index contributed by atoms with van der Waals surface area (Å²) >= 11 is 0. The molecule has 100 valence electrons. The van der Waals surface area contributed by atoms with Crippen molar-refractivity contribution < 1.29 is 14.9 Å². The van der Waals surface area contributed by atoms with E-state index < -0.39 is 19.1 Å². The molecule has 4 fully saturated rings. The van der Waals surface area contributed by atoms with Crippen LogP contribution < -0.4 is 5.23 Å². The molecule has 0 saturated heterocycles. The van der Waals surface area contributed by atoms with Crippen molar-refractivity contribution in [2.75, 3.05) is 0 Å². The molecule has 0 amide bonds. The third kappa shape index (κ3) is 1.97. The van der Waals surface area contributed by atoms with Crippen LogP contribution in [0.2, 0.25) is 6.82 Å². The average molecular weight is 251 g/mol. The van der Waals surface area contributed by atoms with E-state index in [4.69, 9.17) is 0 Å². The molecule has 4 nitrogen and oxygen atoms in total. The Labute approximate surface area is 108 Å². The van der Waals surface area contributed by atoms with Crippen LogP contribution in [0, 0.1) is 23.2 Å². The fraction of sp³-hybridized carbons (Fsp3) is 0.923. The Hall–Kier alpha value is -0.545. The van der Waals surface area contributed by atoms with Gasteiger partial charge in [0.15, 0.2) is 0 Å². The highest BCUT2D eigenvalue weighted by atomic mass is 16.4. The second-order valence-electron chi connectivity index (χ2n) is 6.89. The topological polar surface area (TPSA) is 69.6 Å². The van der Waals surface area contributed by atoms with Gasteiger partial charge < -0.3 is 15.4 Å². The Morgan fingerprint density at radius 1 is 1.22 bits per heavy atom. The lowest BCUT2D eigenvalue weighted by Gasteiger charge is -2.58. The molecule has 3 N–H and O–H groups in total. The van der Waals surface area contributed by atoms with Crippen molar-refractivity contribution in [2.45, 2.75) is 51.4 Å². The van der Waals surface area contributed by atoms with E-state index >= 15 is 0 Å². The second-order valence-corrected chi connectivity index (χ2v) is 6.89. The molecule has 0 aliphatic heterocycles. The van der Waals surface area contributed by atoms with Crippen LogP contribution in [-0.2, 0) is 4.79 Å². The van der Waals surface area contributed by atoms with Crippen molar-refractivity contribution in [3.05, 3.63) is 0 Å². The Morgan fingerprint density at radius 2 is 1.67 bits per heavy atom. The molecule has 0 spiro atoms. The van der Waals surface area contributed by atoms with Crippen LogP contribution in [0.25, 0.3) is 0 Å². The zero-order valence-electron chi connectivity index (χ0n) is 10.9. The molecule has 5 heteroatoms. The van der Waals surface area contributed by atoms with Gasteiger partial charge in [0.1, 0.15) is 6.04 Å². The predicted molar refractivity (Wildman–Crippen MR) is 69.0 cm³/mol. The number of rotatable bonds is 4. The summed E-state index contributed by atoms with van der Waals surface area (Å²) in [4.78, 5) is 11.6.